The molecule has 1 aromatic rings. The van der Waals surface area contributed by atoms with Crippen molar-refractivity contribution >= 4 is 15.9 Å². The third-order valence-corrected chi connectivity index (χ3v) is 3.25. The van der Waals surface area contributed by atoms with Crippen LogP contribution in [0.4, 0.5) is 13.2 Å². The Hall–Kier alpha value is -0.550. The summed E-state index contributed by atoms with van der Waals surface area (Å²) in [4.78, 5) is 0. The molecule has 5 heteroatoms. The van der Waals surface area contributed by atoms with Crippen LogP contribution in [0.2, 0.25) is 0 Å². The predicted molar refractivity (Wildman–Crippen MR) is 65.7 cm³/mol. The highest BCUT2D eigenvalue weighted by Gasteiger charge is 2.26. The summed E-state index contributed by atoms with van der Waals surface area (Å²) in [6, 6.07) is 7.38. The number of rotatable bonds is 5. The van der Waals surface area contributed by atoms with Gasteiger partial charge in [-0.2, -0.15) is 13.2 Å². The van der Waals surface area contributed by atoms with Crippen LogP contribution in [0.1, 0.15) is 24.8 Å². The van der Waals surface area contributed by atoms with Gasteiger partial charge in [0.25, 0.3) is 0 Å². The molecule has 0 aliphatic heterocycles. The van der Waals surface area contributed by atoms with Crippen molar-refractivity contribution in [3.05, 3.63) is 34.3 Å². The maximum absolute atomic E-state index is 11.9. The number of halogens is 4. The first kappa shape index (κ1) is 14.5. The van der Waals surface area contributed by atoms with Crippen LogP contribution in [0.15, 0.2) is 28.7 Å². The van der Waals surface area contributed by atoms with Gasteiger partial charge in [-0.3, -0.25) is 0 Å². The van der Waals surface area contributed by atoms with E-state index in [0.29, 0.717) is 12.8 Å². The quantitative estimate of drug-likeness (QED) is 0.872. The maximum Gasteiger partial charge on any atom is 0.389 e. The lowest BCUT2D eigenvalue weighted by Gasteiger charge is -2.13. The molecule has 0 aliphatic rings. The number of alkyl halides is 3. The van der Waals surface area contributed by atoms with Gasteiger partial charge in [0.2, 0.25) is 0 Å². The predicted octanol–water partition coefficient (Wildman–Crippen LogP) is 4.05. The molecule has 0 amide bonds. The van der Waals surface area contributed by atoms with Gasteiger partial charge in [0, 0.05) is 16.9 Å². The third kappa shape index (κ3) is 6.07. The van der Waals surface area contributed by atoms with Crippen LogP contribution in [0.25, 0.3) is 0 Å². The highest BCUT2D eigenvalue weighted by atomic mass is 79.9. The van der Waals surface area contributed by atoms with Gasteiger partial charge in [-0.05, 0) is 30.9 Å². The molecule has 0 aliphatic carbocycles. The van der Waals surface area contributed by atoms with Crippen LogP contribution < -0.4 is 5.73 Å². The van der Waals surface area contributed by atoms with Crippen molar-refractivity contribution in [2.75, 3.05) is 0 Å². The lowest BCUT2D eigenvalue weighted by molar-refractivity contribution is -0.135. The monoisotopic (exact) mass is 309 g/mol. The molecule has 17 heavy (non-hydrogen) atoms. The topological polar surface area (TPSA) is 26.0 Å². The standard InChI is InChI=1S/C12H15BrF3N/c13-11-6-2-1-4-9(11)8-10(17)5-3-7-12(14,15)16/h1-2,4,6,10H,3,5,7-8,17H2. The van der Waals surface area contributed by atoms with E-state index in [1.807, 2.05) is 24.3 Å². The van der Waals surface area contributed by atoms with Gasteiger partial charge >= 0.3 is 6.18 Å². The lowest BCUT2D eigenvalue weighted by atomic mass is 10.0. The second-order valence-corrected chi connectivity index (χ2v) is 4.92. The normalized spacial score (nSPS) is 13.7. The number of benzene rings is 1. The van der Waals surface area contributed by atoms with E-state index in [2.05, 4.69) is 15.9 Å². The van der Waals surface area contributed by atoms with E-state index < -0.39 is 12.6 Å². The van der Waals surface area contributed by atoms with Crippen molar-refractivity contribution in [3.8, 4) is 0 Å². The zero-order chi connectivity index (χ0) is 12.9. The van der Waals surface area contributed by atoms with Crippen molar-refractivity contribution in [3.63, 3.8) is 0 Å². The van der Waals surface area contributed by atoms with E-state index in [-0.39, 0.29) is 12.5 Å². The smallest absolute Gasteiger partial charge is 0.327 e. The van der Waals surface area contributed by atoms with Crippen molar-refractivity contribution < 1.29 is 13.2 Å². The number of hydrogen-bond acceptors (Lipinski definition) is 1. The summed E-state index contributed by atoms with van der Waals surface area (Å²) in [7, 11) is 0. The third-order valence-electron chi connectivity index (χ3n) is 2.48. The first-order chi connectivity index (χ1) is 7.88. The van der Waals surface area contributed by atoms with E-state index >= 15 is 0 Å². The Morgan fingerprint density at radius 3 is 2.47 bits per heavy atom. The molecule has 0 aromatic heterocycles. The SMILES string of the molecule is NC(CCCC(F)(F)F)Cc1ccccc1Br. The second-order valence-electron chi connectivity index (χ2n) is 4.06. The van der Waals surface area contributed by atoms with Gasteiger partial charge in [-0.15, -0.1) is 0 Å². The molecule has 96 valence electrons. The Morgan fingerprint density at radius 1 is 1.24 bits per heavy atom. The van der Waals surface area contributed by atoms with Crippen molar-refractivity contribution in [1.82, 2.24) is 0 Å². The molecule has 1 atom stereocenters. The molecule has 0 fully saturated rings. The van der Waals surface area contributed by atoms with E-state index in [1.165, 1.54) is 0 Å². The summed E-state index contributed by atoms with van der Waals surface area (Å²) >= 11 is 3.39. The summed E-state index contributed by atoms with van der Waals surface area (Å²) in [5, 5.41) is 0. The summed E-state index contributed by atoms with van der Waals surface area (Å²) in [5.41, 5.74) is 6.85. The fraction of sp³-hybridized carbons (Fsp3) is 0.500. The molecule has 0 saturated heterocycles. The molecule has 1 unspecified atom stereocenters. The van der Waals surface area contributed by atoms with Crippen LogP contribution >= 0.6 is 15.9 Å². The molecule has 0 bridgehead atoms. The van der Waals surface area contributed by atoms with Crippen molar-refractivity contribution in [1.29, 1.82) is 0 Å². The van der Waals surface area contributed by atoms with Crippen LogP contribution in [0, 0.1) is 0 Å². The van der Waals surface area contributed by atoms with E-state index in [0.717, 1.165) is 10.0 Å². The first-order valence-corrected chi connectivity index (χ1v) is 6.23. The van der Waals surface area contributed by atoms with Gasteiger partial charge in [-0.25, -0.2) is 0 Å². The van der Waals surface area contributed by atoms with Crippen molar-refractivity contribution in [2.45, 2.75) is 37.9 Å². The van der Waals surface area contributed by atoms with Gasteiger partial charge in [0.1, 0.15) is 0 Å². The zero-order valence-electron chi connectivity index (χ0n) is 9.30. The average Bonchev–Trinajstić information content (AvgIpc) is 2.19. The average molecular weight is 310 g/mol. The maximum atomic E-state index is 11.9. The minimum absolute atomic E-state index is 0.0924. The zero-order valence-corrected chi connectivity index (χ0v) is 10.9. The Bertz CT molecular complexity index is 352. The molecular formula is C12H15BrF3N. The van der Waals surface area contributed by atoms with Crippen LogP contribution in [0.3, 0.4) is 0 Å². The Kier molecular flexibility index (Phi) is 5.46. The van der Waals surface area contributed by atoms with Gasteiger partial charge < -0.3 is 5.73 Å². The Balaban J connectivity index is 2.35. The first-order valence-electron chi connectivity index (χ1n) is 5.44. The van der Waals surface area contributed by atoms with Crippen LogP contribution in [0.5, 0.6) is 0 Å². The fourth-order valence-corrected chi connectivity index (χ4v) is 2.06. The number of nitrogens with two attached hydrogens (primary N) is 1. The highest BCUT2D eigenvalue weighted by molar-refractivity contribution is 9.10. The van der Waals surface area contributed by atoms with Gasteiger partial charge in [-0.1, -0.05) is 34.1 Å². The summed E-state index contributed by atoms with van der Waals surface area (Å²) in [6.45, 7) is 0. The fourth-order valence-electron chi connectivity index (χ4n) is 1.61. The minimum atomic E-state index is -4.08. The van der Waals surface area contributed by atoms with Gasteiger partial charge in [0.05, 0.1) is 0 Å². The molecule has 1 nitrogen and oxygen atoms in total. The van der Waals surface area contributed by atoms with E-state index in [4.69, 9.17) is 5.73 Å². The molecule has 0 radical (unpaired) electrons. The highest BCUT2D eigenvalue weighted by Crippen LogP contribution is 2.23. The molecule has 0 heterocycles. The largest absolute Gasteiger partial charge is 0.389 e. The summed E-state index contributed by atoms with van der Waals surface area (Å²) in [5.74, 6) is 0. The van der Waals surface area contributed by atoms with E-state index in [1.54, 1.807) is 0 Å². The van der Waals surface area contributed by atoms with Gasteiger partial charge in [0.15, 0.2) is 0 Å². The van der Waals surface area contributed by atoms with E-state index in [9.17, 15) is 13.2 Å². The molecular weight excluding hydrogens is 295 g/mol. The van der Waals surface area contributed by atoms with Crippen LogP contribution in [-0.2, 0) is 6.42 Å². The molecule has 1 rings (SSSR count). The number of hydrogen-bond donors (Lipinski definition) is 1. The Morgan fingerprint density at radius 2 is 1.88 bits per heavy atom. The van der Waals surface area contributed by atoms with Crippen molar-refractivity contribution in [2.24, 2.45) is 5.73 Å². The minimum Gasteiger partial charge on any atom is -0.327 e. The second kappa shape index (κ2) is 6.40. The molecule has 0 saturated carbocycles. The molecule has 0 spiro atoms. The summed E-state index contributed by atoms with van der Waals surface area (Å²) < 4.78 is 36.8. The summed E-state index contributed by atoms with van der Waals surface area (Å²) in [6.07, 6.45) is -3.75. The molecule has 1 aromatic carbocycles. The van der Waals surface area contributed by atoms with Crippen LogP contribution in [-0.4, -0.2) is 12.2 Å². The molecule has 2 N–H and O–H groups in total. The lowest BCUT2D eigenvalue weighted by Crippen LogP contribution is -2.23. The Labute approximate surface area is 107 Å².